The highest BCUT2D eigenvalue weighted by molar-refractivity contribution is 7.86. The standard InChI is InChI=1S/C23H31NO5S/c1-17-11-13-21(14-12-17)30(27,28)29-16-20(15-24(22(25)26)23(3,4)5)18(2)19-9-7-6-8-10-19/h6-14,18,20H,15-16H2,1-5H3,(H,25,26). The van der Waals surface area contributed by atoms with Crippen LogP contribution in [-0.4, -0.2) is 43.2 Å². The first-order valence-electron chi connectivity index (χ1n) is 9.93. The third-order valence-electron chi connectivity index (χ3n) is 5.24. The smallest absolute Gasteiger partial charge is 0.407 e. The van der Waals surface area contributed by atoms with Crippen LogP contribution in [0, 0.1) is 12.8 Å². The number of hydrogen-bond donors (Lipinski definition) is 1. The van der Waals surface area contributed by atoms with Crippen molar-refractivity contribution in [3.05, 3.63) is 65.7 Å². The normalized spacial score (nSPS) is 14.2. The Morgan fingerprint density at radius 1 is 1.07 bits per heavy atom. The number of carboxylic acid groups (broad SMARTS) is 1. The maximum absolute atomic E-state index is 12.7. The Hall–Kier alpha value is -2.38. The molecular formula is C23H31NO5S. The molecule has 164 valence electrons. The summed E-state index contributed by atoms with van der Waals surface area (Å²) in [5, 5.41) is 9.71. The second-order valence-corrected chi connectivity index (χ2v) is 10.2. The van der Waals surface area contributed by atoms with Gasteiger partial charge in [-0.1, -0.05) is 55.0 Å². The van der Waals surface area contributed by atoms with Gasteiger partial charge in [-0.3, -0.25) is 4.18 Å². The summed E-state index contributed by atoms with van der Waals surface area (Å²) in [6, 6.07) is 16.1. The summed E-state index contributed by atoms with van der Waals surface area (Å²) in [7, 11) is -3.95. The molecule has 0 aromatic heterocycles. The van der Waals surface area contributed by atoms with Gasteiger partial charge in [0.25, 0.3) is 10.1 Å². The van der Waals surface area contributed by atoms with Crippen LogP contribution in [0.15, 0.2) is 59.5 Å². The van der Waals surface area contributed by atoms with Gasteiger partial charge in [-0.2, -0.15) is 8.42 Å². The summed E-state index contributed by atoms with van der Waals surface area (Å²) in [5.74, 6) is -0.466. The number of nitrogens with zero attached hydrogens (tertiary/aromatic N) is 1. The van der Waals surface area contributed by atoms with Gasteiger partial charge < -0.3 is 10.0 Å². The molecule has 2 aromatic carbocycles. The minimum atomic E-state index is -3.95. The summed E-state index contributed by atoms with van der Waals surface area (Å²) >= 11 is 0. The highest BCUT2D eigenvalue weighted by Gasteiger charge is 2.32. The first kappa shape index (κ1) is 23.9. The Balaban J connectivity index is 2.28. The summed E-state index contributed by atoms with van der Waals surface area (Å²) in [4.78, 5) is 13.3. The van der Waals surface area contributed by atoms with Crippen LogP contribution in [0.2, 0.25) is 0 Å². The average Bonchev–Trinajstić information content (AvgIpc) is 2.67. The van der Waals surface area contributed by atoms with E-state index in [0.717, 1.165) is 11.1 Å². The molecule has 0 radical (unpaired) electrons. The van der Waals surface area contributed by atoms with Gasteiger partial charge in [-0.15, -0.1) is 0 Å². The largest absolute Gasteiger partial charge is 0.465 e. The molecule has 0 bridgehead atoms. The van der Waals surface area contributed by atoms with Crippen molar-refractivity contribution in [2.75, 3.05) is 13.2 Å². The zero-order valence-electron chi connectivity index (χ0n) is 18.2. The van der Waals surface area contributed by atoms with E-state index in [2.05, 4.69) is 0 Å². The summed E-state index contributed by atoms with van der Waals surface area (Å²) in [6.45, 7) is 9.32. The molecule has 6 nitrogen and oxygen atoms in total. The molecule has 2 rings (SSSR count). The Bertz CT molecular complexity index is 934. The molecule has 0 heterocycles. The minimum Gasteiger partial charge on any atom is -0.465 e. The van der Waals surface area contributed by atoms with Crippen molar-refractivity contribution in [2.45, 2.75) is 51.0 Å². The Morgan fingerprint density at radius 3 is 2.13 bits per heavy atom. The second-order valence-electron chi connectivity index (χ2n) is 8.58. The number of amides is 1. The third kappa shape index (κ3) is 6.31. The van der Waals surface area contributed by atoms with Crippen LogP contribution in [0.5, 0.6) is 0 Å². The van der Waals surface area contributed by atoms with Gasteiger partial charge in [0.1, 0.15) is 0 Å². The monoisotopic (exact) mass is 433 g/mol. The topological polar surface area (TPSA) is 83.9 Å². The lowest BCUT2D eigenvalue weighted by molar-refractivity contribution is 0.0766. The van der Waals surface area contributed by atoms with Crippen LogP contribution in [0.1, 0.15) is 44.7 Å². The molecule has 0 aliphatic heterocycles. The van der Waals surface area contributed by atoms with Crippen molar-refractivity contribution in [1.82, 2.24) is 4.90 Å². The molecule has 0 aliphatic rings. The van der Waals surface area contributed by atoms with E-state index in [-0.39, 0.29) is 29.9 Å². The zero-order valence-corrected chi connectivity index (χ0v) is 19.0. The Morgan fingerprint density at radius 2 is 1.63 bits per heavy atom. The fraction of sp³-hybridized carbons (Fsp3) is 0.435. The molecule has 0 aliphatic carbocycles. The lowest BCUT2D eigenvalue weighted by Gasteiger charge is -2.37. The first-order chi connectivity index (χ1) is 13.9. The van der Waals surface area contributed by atoms with Gasteiger partial charge in [-0.25, -0.2) is 4.79 Å². The van der Waals surface area contributed by atoms with E-state index >= 15 is 0 Å². The predicted molar refractivity (Wildman–Crippen MR) is 117 cm³/mol. The fourth-order valence-corrected chi connectivity index (χ4v) is 4.17. The average molecular weight is 434 g/mol. The van der Waals surface area contributed by atoms with Crippen LogP contribution < -0.4 is 0 Å². The van der Waals surface area contributed by atoms with E-state index in [1.807, 2.05) is 65.0 Å². The minimum absolute atomic E-state index is 0.0881. The summed E-state index contributed by atoms with van der Waals surface area (Å²) < 4.78 is 30.7. The number of carbonyl (C=O) groups is 1. The molecule has 7 heteroatoms. The van der Waals surface area contributed by atoms with E-state index < -0.39 is 21.8 Å². The number of aryl methyl sites for hydroxylation is 1. The van der Waals surface area contributed by atoms with Crippen LogP contribution in [0.3, 0.4) is 0 Å². The fourth-order valence-electron chi connectivity index (χ4n) is 3.21. The zero-order chi connectivity index (χ0) is 22.5. The lowest BCUT2D eigenvalue weighted by atomic mass is 9.87. The van der Waals surface area contributed by atoms with E-state index in [4.69, 9.17) is 4.18 Å². The predicted octanol–water partition coefficient (Wildman–Crippen LogP) is 4.90. The van der Waals surface area contributed by atoms with E-state index in [9.17, 15) is 18.3 Å². The van der Waals surface area contributed by atoms with Gasteiger partial charge in [0.2, 0.25) is 0 Å². The molecular weight excluding hydrogens is 402 g/mol. The Labute approximate surface area is 179 Å². The van der Waals surface area contributed by atoms with E-state index in [1.165, 1.54) is 17.0 Å². The van der Waals surface area contributed by atoms with Gasteiger partial charge in [-0.05, 0) is 51.3 Å². The third-order valence-corrected chi connectivity index (χ3v) is 6.53. The summed E-state index contributed by atoms with van der Waals surface area (Å²) in [5.41, 5.74) is 1.32. The first-order valence-corrected chi connectivity index (χ1v) is 11.3. The highest BCUT2D eigenvalue weighted by Crippen LogP contribution is 2.29. The van der Waals surface area contributed by atoms with Crippen molar-refractivity contribution < 1.29 is 22.5 Å². The Kier molecular flexibility index (Phi) is 7.66. The van der Waals surface area contributed by atoms with Crippen LogP contribution in [-0.2, 0) is 14.3 Å². The molecule has 30 heavy (non-hydrogen) atoms. The van der Waals surface area contributed by atoms with Crippen molar-refractivity contribution in [1.29, 1.82) is 0 Å². The molecule has 2 unspecified atom stereocenters. The quantitative estimate of drug-likeness (QED) is 0.599. The molecule has 1 N–H and O–H groups in total. The molecule has 0 saturated carbocycles. The van der Waals surface area contributed by atoms with Gasteiger partial charge in [0.05, 0.1) is 11.5 Å². The maximum atomic E-state index is 12.7. The number of rotatable bonds is 8. The number of hydrogen-bond acceptors (Lipinski definition) is 4. The van der Waals surface area contributed by atoms with Crippen molar-refractivity contribution in [2.24, 2.45) is 5.92 Å². The van der Waals surface area contributed by atoms with Crippen molar-refractivity contribution in [3.8, 4) is 0 Å². The van der Waals surface area contributed by atoms with Gasteiger partial charge >= 0.3 is 6.09 Å². The van der Waals surface area contributed by atoms with Crippen LogP contribution in [0.4, 0.5) is 4.79 Å². The molecule has 2 aromatic rings. The SMILES string of the molecule is Cc1ccc(S(=O)(=O)OCC(CN(C(=O)O)C(C)(C)C)C(C)c2ccccc2)cc1. The number of benzene rings is 2. The van der Waals surface area contributed by atoms with Gasteiger partial charge in [0, 0.05) is 18.0 Å². The molecule has 0 spiro atoms. The van der Waals surface area contributed by atoms with Crippen molar-refractivity contribution >= 4 is 16.2 Å². The summed E-state index contributed by atoms with van der Waals surface area (Å²) in [6.07, 6.45) is -1.05. The van der Waals surface area contributed by atoms with Gasteiger partial charge in [0.15, 0.2) is 0 Å². The van der Waals surface area contributed by atoms with Crippen LogP contribution in [0.25, 0.3) is 0 Å². The molecule has 0 fully saturated rings. The molecule has 0 saturated heterocycles. The lowest BCUT2D eigenvalue weighted by Crippen LogP contribution is -2.48. The van der Waals surface area contributed by atoms with Crippen LogP contribution >= 0.6 is 0 Å². The van der Waals surface area contributed by atoms with E-state index in [0.29, 0.717) is 0 Å². The van der Waals surface area contributed by atoms with Crippen molar-refractivity contribution in [3.63, 3.8) is 0 Å². The molecule has 1 amide bonds. The maximum Gasteiger partial charge on any atom is 0.407 e. The van der Waals surface area contributed by atoms with E-state index in [1.54, 1.807) is 12.1 Å². The molecule has 2 atom stereocenters. The second kappa shape index (κ2) is 9.62. The highest BCUT2D eigenvalue weighted by atomic mass is 32.2.